The Labute approximate surface area is 133 Å². The van der Waals surface area contributed by atoms with Crippen molar-refractivity contribution < 1.29 is 18.3 Å². The summed E-state index contributed by atoms with van der Waals surface area (Å²) in [4.78, 5) is 10.2. The van der Waals surface area contributed by atoms with Gasteiger partial charge in [-0.25, -0.2) is 0 Å². The first kappa shape index (κ1) is 14.3. The Bertz CT molecular complexity index is 836. The largest absolute Gasteiger partial charge is 0.450 e. The molecule has 0 amide bonds. The molecule has 110 valence electrons. The number of aromatic nitrogens is 1. The molecule has 3 aromatic rings. The zero-order chi connectivity index (χ0) is 15.5. The lowest BCUT2D eigenvalue weighted by Gasteiger charge is -1.97. The van der Waals surface area contributed by atoms with Gasteiger partial charge in [-0.05, 0) is 34.1 Å². The summed E-state index contributed by atoms with van der Waals surface area (Å²) < 4.78 is 13.2. The van der Waals surface area contributed by atoms with E-state index in [0.717, 1.165) is 0 Å². The summed E-state index contributed by atoms with van der Waals surface area (Å²) in [7, 11) is 0. The third-order valence-electron chi connectivity index (χ3n) is 2.89. The van der Waals surface area contributed by atoms with E-state index in [1.54, 1.807) is 28.8 Å². The summed E-state index contributed by atoms with van der Waals surface area (Å²) in [5.41, 5.74) is 0.621. The number of nitrogens with zero attached hydrogens (tertiary/aromatic N) is 2. The number of hydrogen-bond acceptors (Lipinski definition) is 4. The molecule has 3 rings (SSSR count). The van der Waals surface area contributed by atoms with Gasteiger partial charge in [-0.3, -0.25) is 10.1 Å². The molecule has 0 bridgehead atoms. The molecule has 22 heavy (non-hydrogen) atoms. The Hall–Kier alpha value is -2.67. The quantitative estimate of drug-likeness (QED) is 0.401. The van der Waals surface area contributed by atoms with Gasteiger partial charge in [0.2, 0.25) is 5.76 Å². The van der Waals surface area contributed by atoms with E-state index < -0.39 is 4.92 Å². The van der Waals surface area contributed by atoms with E-state index in [9.17, 15) is 10.1 Å². The molecule has 0 aliphatic rings. The molecule has 0 spiro atoms. The molecule has 3 heterocycles. The molecule has 0 unspecified atom stereocenters. The van der Waals surface area contributed by atoms with Gasteiger partial charge in [0, 0.05) is 12.1 Å². The molecule has 0 saturated heterocycles. The van der Waals surface area contributed by atoms with Gasteiger partial charge in [0.15, 0.2) is 17.1 Å². The minimum Gasteiger partial charge on any atom is -0.450 e. The van der Waals surface area contributed by atoms with Crippen LogP contribution in [0, 0.1) is 10.1 Å². The van der Waals surface area contributed by atoms with Crippen molar-refractivity contribution in [1.82, 2.24) is 0 Å². The van der Waals surface area contributed by atoms with Gasteiger partial charge in [0.05, 0.1) is 12.1 Å². The minimum absolute atomic E-state index is 0.307. The second kappa shape index (κ2) is 5.98. The fourth-order valence-electron chi connectivity index (χ4n) is 1.94. The lowest BCUT2D eigenvalue weighted by Crippen LogP contribution is -2.31. The fraction of sp³-hybridized carbons (Fsp3) is 0. The average molecular weight is 362 g/mol. The van der Waals surface area contributed by atoms with Crippen LogP contribution in [0.1, 0.15) is 11.5 Å². The Kier molecular flexibility index (Phi) is 3.88. The molecule has 0 radical (unpaired) electrons. The Morgan fingerprint density at radius 2 is 1.91 bits per heavy atom. The SMILES string of the molecule is O=[N+]([O-])c1ccc(C(=Cc2ccc(Br)o2)[n+]2ccccc2)o1. The molecular formula is C15H10BrN2O4+. The highest BCUT2D eigenvalue weighted by Crippen LogP contribution is 2.24. The van der Waals surface area contributed by atoms with Crippen LogP contribution < -0.4 is 4.57 Å². The van der Waals surface area contributed by atoms with E-state index in [-0.39, 0.29) is 5.88 Å². The Morgan fingerprint density at radius 3 is 2.50 bits per heavy atom. The molecule has 0 N–H and O–H groups in total. The predicted molar refractivity (Wildman–Crippen MR) is 81.7 cm³/mol. The molecule has 0 atom stereocenters. The Balaban J connectivity index is 2.10. The van der Waals surface area contributed by atoms with E-state index in [1.807, 2.05) is 30.6 Å². The number of rotatable bonds is 4. The van der Waals surface area contributed by atoms with E-state index in [4.69, 9.17) is 8.83 Å². The molecule has 7 heteroatoms. The smallest absolute Gasteiger partial charge is 0.433 e. The first-order valence-corrected chi connectivity index (χ1v) is 7.11. The van der Waals surface area contributed by atoms with Gasteiger partial charge in [0.25, 0.3) is 5.70 Å². The first-order valence-electron chi connectivity index (χ1n) is 6.32. The van der Waals surface area contributed by atoms with Gasteiger partial charge < -0.3 is 8.83 Å². The van der Waals surface area contributed by atoms with Gasteiger partial charge in [-0.1, -0.05) is 6.07 Å². The summed E-state index contributed by atoms with van der Waals surface area (Å²) in [6.45, 7) is 0. The summed E-state index contributed by atoms with van der Waals surface area (Å²) in [6, 6.07) is 12.0. The second-order valence-electron chi connectivity index (χ2n) is 4.35. The summed E-state index contributed by atoms with van der Waals surface area (Å²) in [6.07, 6.45) is 5.38. The van der Waals surface area contributed by atoms with Crippen LogP contribution in [-0.2, 0) is 0 Å². The van der Waals surface area contributed by atoms with Crippen LogP contribution in [0.4, 0.5) is 5.88 Å². The highest BCUT2D eigenvalue weighted by atomic mass is 79.9. The topological polar surface area (TPSA) is 73.3 Å². The summed E-state index contributed by atoms with van der Waals surface area (Å²) in [5.74, 6) is 0.658. The predicted octanol–water partition coefficient (Wildman–Crippen LogP) is 3.88. The van der Waals surface area contributed by atoms with Crippen LogP contribution in [0.5, 0.6) is 0 Å². The number of furan rings is 2. The second-order valence-corrected chi connectivity index (χ2v) is 5.13. The van der Waals surface area contributed by atoms with Gasteiger partial charge in [-0.15, -0.1) is 0 Å². The van der Waals surface area contributed by atoms with Gasteiger partial charge in [0.1, 0.15) is 10.7 Å². The number of hydrogen-bond donors (Lipinski definition) is 0. The van der Waals surface area contributed by atoms with Crippen molar-refractivity contribution in [3.8, 4) is 0 Å². The third kappa shape index (κ3) is 2.99. The van der Waals surface area contributed by atoms with Crippen LogP contribution in [0.2, 0.25) is 0 Å². The highest BCUT2D eigenvalue weighted by Gasteiger charge is 2.21. The molecule has 0 aromatic carbocycles. The van der Waals surface area contributed by atoms with Crippen molar-refractivity contribution in [2.45, 2.75) is 0 Å². The lowest BCUT2D eigenvalue weighted by molar-refractivity contribution is -0.579. The van der Waals surface area contributed by atoms with Crippen LogP contribution in [0.3, 0.4) is 0 Å². The van der Waals surface area contributed by atoms with Crippen LogP contribution >= 0.6 is 15.9 Å². The zero-order valence-electron chi connectivity index (χ0n) is 11.2. The summed E-state index contributed by atoms with van der Waals surface area (Å²) >= 11 is 3.24. The van der Waals surface area contributed by atoms with Crippen LogP contribution in [0.15, 0.2) is 68.4 Å². The van der Waals surface area contributed by atoms with Crippen molar-refractivity contribution in [3.63, 3.8) is 0 Å². The molecule has 0 aliphatic heterocycles. The first-order chi connectivity index (χ1) is 10.6. The van der Waals surface area contributed by atoms with Crippen molar-refractivity contribution in [2.75, 3.05) is 0 Å². The van der Waals surface area contributed by atoms with E-state index in [0.29, 0.717) is 21.9 Å². The van der Waals surface area contributed by atoms with E-state index in [2.05, 4.69) is 15.9 Å². The van der Waals surface area contributed by atoms with Crippen LogP contribution in [-0.4, -0.2) is 4.92 Å². The molecular weight excluding hydrogens is 352 g/mol. The normalized spacial score (nSPS) is 11.6. The summed E-state index contributed by atoms with van der Waals surface area (Å²) in [5, 5.41) is 10.8. The maximum absolute atomic E-state index is 10.8. The average Bonchev–Trinajstić information content (AvgIpc) is 3.15. The number of halogens is 1. The van der Waals surface area contributed by atoms with Crippen molar-refractivity contribution in [2.24, 2.45) is 0 Å². The third-order valence-corrected chi connectivity index (χ3v) is 3.32. The van der Waals surface area contributed by atoms with Gasteiger partial charge in [-0.2, -0.15) is 4.57 Å². The molecule has 0 fully saturated rings. The monoisotopic (exact) mass is 361 g/mol. The molecule has 6 nitrogen and oxygen atoms in total. The maximum atomic E-state index is 10.8. The highest BCUT2D eigenvalue weighted by molar-refractivity contribution is 9.10. The van der Waals surface area contributed by atoms with Crippen molar-refractivity contribution in [3.05, 3.63) is 81.2 Å². The number of nitro groups is 1. The van der Waals surface area contributed by atoms with Crippen LogP contribution in [0.25, 0.3) is 11.8 Å². The van der Waals surface area contributed by atoms with E-state index >= 15 is 0 Å². The lowest BCUT2D eigenvalue weighted by atomic mass is 10.2. The minimum atomic E-state index is -0.569. The molecule has 3 aromatic heterocycles. The number of pyridine rings is 1. The standard InChI is InChI=1S/C15H10BrN2O4/c16-14-6-4-11(21-14)10-12(17-8-2-1-3-9-17)13-5-7-15(22-13)18(19)20/h1-10H/q+1. The van der Waals surface area contributed by atoms with Crippen molar-refractivity contribution >= 4 is 33.6 Å². The van der Waals surface area contributed by atoms with E-state index in [1.165, 1.54) is 6.07 Å². The van der Waals surface area contributed by atoms with Gasteiger partial charge >= 0.3 is 5.88 Å². The maximum Gasteiger partial charge on any atom is 0.433 e. The zero-order valence-corrected chi connectivity index (χ0v) is 12.8. The molecule has 0 saturated carbocycles. The van der Waals surface area contributed by atoms with Crippen molar-refractivity contribution in [1.29, 1.82) is 0 Å². The Morgan fingerprint density at radius 1 is 1.14 bits per heavy atom. The fourth-order valence-corrected chi connectivity index (χ4v) is 2.26. The molecule has 0 aliphatic carbocycles.